The molecule has 1 aromatic rings. The fourth-order valence-electron chi connectivity index (χ4n) is 1.00. The zero-order valence-corrected chi connectivity index (χ0v) is 10.9. The molecule has 90 valence electrons. The van der Waals surface area contributed by atoms with Crippen molar-refractivity contribution in [2.45, 2.75) is 17.9 Å². The van der Waals surface area contributed by atoms with Crippen LogP contribution in [0.4, 0.5) is 0 Å². The van der Waals surface area contributed by atoms with E-state index in [1.165, 1.54) is 18.2 Å². The summed E-state index contributed by atoms with van der Waals surface area (Å²) in [5, 5.41) is 0.437. The van der Waals surface area contributed by atoms with E-state index in [0.29, 0.717) is 5.02 Å². The van der Waals surface area contributed by atoms with Gasteiger partial charge >= 0.3 is 0 Å². The predicted molar refractivity (Wildman–Crippen MR) is 65.3 cm³/mol. The van der Waals surface area contributed by atoms with Crippen molar-refractivity contribution in [2.75, 3.05) is 6.54 Å². The first kappa shape index (κ1) is 13.7. The maximum Gasteiger partial charge on any atom is 0.242 e. The number of hydrogen-bond acceptors (Lipinski definition) is 3. The van der Waals surface area contributed by atoms with Gasteiger partial charge < -0.3 is 5.73 Å². The van der Waals surface area contributed by atoms with Gasteiger partial charge in [-0.25, -0.2) is 13.1 Å². The second-order valence-electron chi connectivity index (χ2n) is 3.40. The molecule has 1 unspecified atom stereocenters. The lowest BCUT2D eigenvalue weighted by Gasteiger charge is -2.10. The molecule has 0 bridgehead atoms. The van der Waals surface area contributed by atoms with E-state index in [2.05, 4.69) is 4.72 Å². The maximum absolute atomic E-state index is 11.8. The monoisotopic (exact) mass is 282 g/mol. The fraction of sp³-hybridized carbons (Fsp3) is 0.333. The van der Waals surface area contributed by atoms with Gasteiger partial charge in [-0.15, -0.1) is 0 Å². The molecule has 0 fully saturated rings. The number of nitrogens with two attached hydrogens (primary N) is 1. The Morgan fingerprint density at radius 1 is 1.44 bits per heavy atom. The van der Waals surface area contributed by atoms with E-state index >= 15 is 0 Å². The number of nitrogens with one attached hydrogen (secondary N) is 1. The highest BCUT2D eigenvalue weighted by atomic mass is 35.5. The van der Waals surface area contributed by atoms with Crippen LogP contribution in [0.5, 0.6) is 0 Å². The first-order valence-corrected chi connectivity index (χ1v) is 6.77. The molecule has 3 N–H and O–H groups in total. The first-order chi connectivity index (χ1) is 7.33. The Bertz CT molecular complexity index is 474. The normalized spacial score (nSPS) is 13.8. The third kappa shape index (κ3) is 3.61. The molecule has 0 saturated heterocycles. The topological polar surface area (TPSA) is 72.2 Å². The van der Waals surface area contributed by atoms with Crippen LogP contribution >= 0.6 is 23.2 Å². The average molecular weight is 283 g/mol. The molecular formula is C9H12Cl2N2O2S. The number of halogens is 2. The Morgan fingerprint density at radius 2 is 2.06 bits per heavy atom. The van der Waals surface area contributed by atoms with Crippen LogP contribution in [0.15, 0.2) is 23.1 Å². The maximum atomic E-state index is 11.8. The van der Waals surface area contributed by atoms with Gasteiger partial charge in [-0.2, -0.15) is 0 Å². The standard InChI is InChI=1S/C9H12Cl2N2O2S/c1-6(12)5-13-16(14,15)9-4-7(10)2-3-8(9)11/h2-4,6,13H,5,12H2,1H3. The number of hydrogen-bond donors (Lipinski definition) is 2. The van der Waals surface area contributed by atoms with Gasteiger partial charge in [0.25, 0.3) is 0 Å². The summed E-state index contributed by atoms with van der Waals surface area (Å²) in [6.45, 7) is 1.84. The van der Waals surface area contributed by atoms with Crippen LogP contribution in [0.1, 0.15) is 6.92 Å². The van der Waals surface area contributed by atoms with Crippen LogP contribution in [0.2, 0.25) is 10.0 Å². The van der Waals surface area contributed by atoms with Gasteiger partial charge in [0.2, 0.25) is 10.0 Å². The van der Waals surface area contributed by atoms with Crippen LogP contribution < -0.4 is 10.5 Å². The van der Waals surface area contributed by atoms with Crippen molar-refractivity contribution >= 4 is 33.2 Å². The molecule has 0 saturated carbocycles. The second-order valence-corrected chi connectivity index (χ2v) is 5.98. The summed E-state index contributed by atoms with van der Waals surface area (Å²) in [5.74, 6) is 0. The average Bonchev–Trinajstić information content (AvgIpc) is 2.19. The highest BCUT2D eigenvalue weighted by Gasteiger charge is 2.18. The van der Waals surface area contributed by atoms with Crippen molar-refractivity contribution in [1.29, 1.82) is 0 Å². The van der Waals surface area contributed by atoms with E-state index in [9.17, 15) is 8.42 Å². The Morgan fingerprint density at radius 3 is 2.62 bits per heavy atom. The molecule has 4 nitrogen and oxygen atoms in total. The van der Waals surface area contributed by atoms with E-state index in [1.54, 1.807) is 6.92 Å². The summed E-state index contributed by atoms with van der Waals surface area (Å²) in [5.41, 5.74) is 5.46. The van der Waals surface area contributed by atoms with Gasteiger partial charge in [-0.1, -0.05) is 23.2 Å². The lowest BCUT2D eigenvalue weighted by atomic mass is 10.4. The summed E-state index contributed by atoms with van der Waals surface area (Å²) < 4.78 is 25.9. The first-order valence-electron chi connectivity index (χ1n) is 4.53. The molecule has 0 radical (unpaired) electrons. The molecule has 0 aromatic heterocycles. The zero-order valence-electron chi connectivity index (χ0n) is 8.57. The lowest BCUT2D eigenvalue weighted by Crippen LogP contribution is -2.35. The number of rotatable bonds is 4. The molecule has 0 aliphatic carbocycles. The van der Waals surface area contributed by atoms with E-state index in [0.717, 1.165) is 0 Å². The second kappa shape index (κ2) is 5.33. The van der Waals surface area contributed by atoms with Crippen LogP contribution in [0.25, 0.3) is 0 Å². The van der Waals surface area contributed by atoms with Gasteiger partial charge in [0.15, 0.2) is 0 Å². The Kier molecular flexibility index (Phi) is 4.58. The molecule has 1 aromatic carbocycles. The van der Waals surface area contributed by atoms with Gasteiger partial charge in [-0.05, 0) is 25.1 Å². The van der Waals surface area contributed by atoms with E-state index in [1.807, 2.05) is 0 Å². The molecule has 7 heteroatoms. The number of sulfonamides is 1. The van der Waals surface area contributed by atoms with Crippen molar-refractivity contribution in [1.82, 2.24) is 4.72 Å². The molecule has 0 spiro atoms. The largest absolute Gasteiger partial charge is 0.327 e. The van der Waals surface area contributed by atoms with Crippen molar-refractivity contribution in [3.8, 4) is 0 Å². The SMILES string of the molecule is CC(N)CNS(=O)(=O)c1cc(Cl)ccc1Cl. The highest BCUT2D eigenvalue weighted by molar-refractivity contribution is 7.89. The Labute approximate surface area is 105 Å². The summed E-state index contributed by atoms with van der Waals surface area (Å²) in [6.07, 6.45) is 0. The zero-order chi connectivity index (χ0) is 12.3. The molecule has 0 amide bonds. The third-order valence-electron chi connectivity index (χ3n) is 1.78. The van der Waals surface area contributed by atoms with Crippen LogP contribution in [0.3, 0.4) is 0 Å². The quantitative estimate of drug-likeness (QED) is 0.882. The fourth-order valence-corrected chi connectivity index (χ4v) is 2.91. The van der Waals surface area contributed by atoms with Gasteiger partial charge in [0.1, 0.15) is 4.90 Å². The summed E-state index contributed by atoms with van der Waals surface area (Å²) in [7, 11) is -3.65. The molecular weight excluding hydrogens is 271 g/mol. The molecule has 0 heterocycles. The lowest BCUT2D eigenvalue weighted by molar-refractivity contribution is 0.574. The van der Waals surface area contributed by atoms with Crippen molar-refractivity contribution in [2.24, 2.45) is 5.73 Å². The van der Waals surface area contributed by atoms with E-state index < -0.39 is 10.0 Å². The number of benzene rings is 1. The third-order valence-corrected chi connectivity index (χ3v) is 3.92. The molecule has 16 heavy (non-hydrogen) atoms. The van der Waals surface area contributed by atoms with Gasteiger partial charge in [0, 0.05) is 17.6 Å². The molecule has 0 aliphatic heterocycles. The smallest absolute Gasteiger partial charge is 0.242 e. The Hall–Kier alpha value is -0.330. The van der Waals surface area contributed by atoms with Crippen LogP contribution in [-0.4, -0.2) is 21.0 Å². The van der Waals surface area contributed by atoms with Crippen LogP contribution in [-0.2, 0) is 10.0 Å². The van der Waals surface area contributed by atoms with E-state index in [4.69, 9.17) is 28.9 Å². The molecule has 1 rings (SSSR count). The minimum Gasteiger partial charge on any atom is -0.327 e. The minimum absolute atomic E-state index is 0.0395. The molecule has 0 aliphatic rings. The van der Waals surface area contributed by atoms with Crippen molar-refractivity contribution in [3.63, 3.8) is 0 Å². The van der Waals surface area contributed by atoms with Gasteiger partial charge in [0.05, 0.1) is 5.02 Å². The molecule has 1 atom stereocenters. The van der Waals surface area contributed by atoms with Crippen molar-refractivity contribution in [3.05, 3.63) is 28.2 Å². The summed E-state index contributed by atoms with van der Waals surface area (Å²) in [6, 6.07) is 3.99. The van der Waals surface area contributed by atoms with Crippen LogP contribution in [0, 0.1) is 0 Å². The highest BCUT2D eigenvalue weighted by Crippen LogP contribution is 2.24. The predicted octanol–water partition coefficient (Wildman–Crippen LogP) is 1.62. The minimum atomic E-state index is -3.65. The van der Waals surface area contributed by atoms with E-state index in [-0.39, 0.29) is 22.5 Å². The summed E-state index contributed by atoms with van der Waals surface area (Å²) in [4.78, 5) is -0.0395. The summed E-state index contributed by atoms with van der Waals surface area (Å²) >= 11 is 11.5. The Balaban J connectivity index is 3.02. The van der Waals surface area contributed by atoms with Gasteiger partial charge in [-0.3, -0.25) is 0 Å². The van der Waals surface area contributed by atoms with Crippen molar-refractivity contribution < 1.29 is 8.42 Å².